The SMILES string of the molecule is Cc1cc(Cl)ccc1NS(=O)(=O)c1cc(-c2ccno2)oc1C. The summed E-state index contributed by atoms with van der Waals surface area (Å²) in [6.45, 7) is 3.34. The topological polar surface area (TPSA) is 85.3 Å². The lowest BCUT2D eigenvalue weighted by Crippen LogP contribution is -2.14. The van der Waals surface area contributed by atoms with Crippen LogP contribution in [0.4, 0.5) is 5.69 Å². The molecule has 0 fully saturated rings. The molecule has 3 rings (SSSR count). The molecule has 1 aromatic carbocycles. The van der Waals surface area contributed by atoms with Gasteiger partial charge < -0.3 is 8.94 Å². The summed E-state index contributed by atoms with van der Waals surface area (Å²) in [6, 6.07) is 7.91. The van der Waals surface area contributed by atoms with Gasteiger partial charge in [-0.3, -0.25) is 4.72 Å². The van der Waals surface area contributed by atoms with Gasteiger partial charge in [-0.1, -0.05) is 16.8 Å². The van der Waals surface area contributed by atoms with Gasteiger partial charge in [0, 0.05) is 17.2 Å². The average Bonchev–Trinajstić information content (AvgIpc) is 3.11. The summed E-state index contributed by atoms with van der Waals surface area (Å²) in [5.74, 6) is 0.918. The molecule has 0 atom stereocenters. The maximum Gasteiger partial charge on any atom is 0.265 e. The van der Waals surface area contributed by atoms with Gasteiger partial charge in [0.05, 0.1) is 11.9 Å². The molecule has 6 nitrogen and oxygen atoms in total. The number of anilines is 1. The van der Waals surface area contributed by atoms with Crippen LogP contribution < -0.4 is 4.72 Å². The molecule has 1 N–H and O–H groups in total. The van der Waals surface area contributed by atoms with E-state index in [4.69, 9.17) is 20.5 Å². The fraction of sp³-hybridized carbons (Fsp3) is 0.133. The maximum absolute atomic E-state index is 12.6. The molecule has 0 amide bonds. The Morgan fingerprint density at radius 2 is 1.91 bits per heavy atom. The first-order valence-electron chi connectivity index (χ1n) is 6.67. The van der Waals surface area contributed by atoms with E-state index in [0.717, 1.165) is 5.56 Å². The Morgan fingerprint density at radius 3 is 2.57 bits per heavy atom. The molecule has 0 aliphatic rings. The van der Waals surface area contributed by atoms with E-state index in [1.165, 1.54) is 12.3 Å². The minimum absolute atomic E-state index is 0.0400. The van der Waals surface area contributed by atoms with E-state index in [-0.39, 0.29) is 10.7 Å². The second kappa shape index (κ2) is 5.75. The Bertz CT molecular complexity index is 946. The van der Waals surface area contributed by atoms with E-state index >= 15 is 0 Å². The van der Waals surface area contributed by atoms with Crippen LogP contribution in [0.25, 0.3) is 11.5 Å². The van der Waals surface area contributed by atoms with Crippen molar-refractivity contribution in [2.24, 2.45) is 0 Å². The van der Waals surface area contributed by atoms with Crippen molar-refractivity contribution in [3.63, 3.8) is 0 Å². The van der Waals surface area contributed by atoms with Crippen molar-refractivity contribution in [2.45, 2.75) is 18.7 Å². The van der Waals surface area contributed by atoms with Crippen molar-refractivity contribution in [3.05, 3.63) is 52.9 Å². The molecular formula is C15H13ClN2O4S. The Kier molecular flexibility index (Phi) is 3.91. The van der Waals surface area contributed by atoms with Crippen LogP contribution in [0.5, 0.6) is 0 Å². The fourth-order valence-electron chi connectivity index (χ4n) is 2.14. The Balaban J connectivity index is 1.97. The standard InChI is InChI=1S/C15H13ClN2O4S/c1-9-7-11(16)3-4-12(9)18-23(19,20)15-8-14(21-10(15)2)13-5-6-17-22-13/h3-8,18H,1-2H3. The fourth-order valence-corrected chi connectivity index (χ4v) is 3.68. The lowest BCUT2D eigenvalue weighted by molar-refractivity contribution is 0.414. The maximum atomic E-state index is 12.6. The molecule has 0 bridgehead atoms. The second-order valence-electron chi connectivity index (χ2n) is 4.97. The summed E-state index contributed by atoms with van der Waals surface area (Å²) in [6.07, 6.45) is 1.46. The molecule has 3 aromatic rings. The molecule has 0 aliphatic heterocycles. The highest BCUT2D eigenvalue weighted by molar-refractivity contribution is 7.92. The molecular weight excluding hydrogens is 340 g/mol. The number of halogens is 1. The molecule has 0 saturated carbocycles. The Morgan fingerprint density at radius 1 is 1.13 bits per heavy atom. The number of hydrogen-bond acceptors (Lipinski definition) is 5. The van der Waals surface area contributed by atoms with E-state index in [2.05, 4.69) is 9.88 Å². The Labute approximate surface area is 138 Å². The van der Waals surface area contributed by atoms with Crippen molar-refractivity contribution in [3.8, 4) is 11.5 Å². The van der Waals surface area contributed by atoms with E-state index in [0.29, 0.717) is 22.2 Å². The number of hydrogen-bond donors (Lipinski definition) is 1. The zero-order valence-corrected chi connectivity index (χ0v) is 13.9. The summed E-state index contributed by atoms with van der Waals surface area (Å²) in [5.41, 5.74) is 1.17. The van der Waals surface area contributed by atoms with E-state index in [1.54, 1.807) is 38.1 Å². The highest BCUT2D eigenvalue weighted by Gasteiger charge is 2.23. The number of aromatic nitrogens is 1. The number of rotatable bonds is 4. The number of benzene rings is 1. The first kappa shape index (κ1) is 15.6. The van der Waals surface area contributed by atoms with Gasteiger partial charge in [-0.25, -0.2) is 8.42 Å². The average molecular weight is 353 g/mol. The van der Waals surface area contributed by atoms with Gasteiger partial charge in [-0.05, 0) is 37.6 Å². The quantitative estimate of drug-likeness (QED) is 0.766. The van der Waals surface area contributed by atoms with Crippen molar-refractivity contribution in [1.82, 2.24) is 5.16 Å². The van der Waals surface area contributed by atoms with Gasteiger partial charge in [-0.15, -0.1) is 0 Å². The minimum Gasteiger partial charge on any atom is -0.456 e. The molecule has 0 aliphatic carbocycles. The van der Waals surface area contributed by atoms with Gasteiger partial charge in [0.1, 0.15) is 10.7 Å². The predicted molar refractivity (Wildman–Crippen MR) is 85.9 cm³/mol. The normalized spacial score (nSPS) is 11.6. The van der Waals surface area contributed by atoms with Crippen molar-refractivity contribution >= 4 is 27.3 Å². The van der Waals surface area contributed by atoms with Crippen LogP contribution in [0.15, 0.2) is 50.4 Å². The van der Waals surface area contributed by atoms with Crippen molar-refractivity contribution in [1.29, 1.82) is 0 Å². The summed E-state index contributed by atoms with van der Waals surface area (Å²) >= 11 is 5.88. The molecule has 0 saturated heterocycles. The largest absolute Gasteiger partial charge is 0.456 e. The third kappa shape index (κ3) is 3.11. The van der Waals surface area contributed by atoms with Gasteiger partial charge >= 0.3 is 0 Å². The van der Waals surface area contributed by atoms with Gasteiger partial charge in [0.2, 0.25) is 5.76 Å². The van der Waals surface area contributed by atoms with E-state index < -0.39 is 10.0 Å². The molecule has 120 valence electrons. The van der Waals surface area contributed by atoms with Gasteiger partial charge in [0.25, 0.3) is 10.0 Å². The first-order chi connectivity index (χ1) is 10.9. The number of aryl methyl sites for hydroxylation is 2. The zero-order chi connectivity index (χ0) is 16.6. The summed E-state index contributed by atoms with van der Waals surface area (Å²) < 4.78 is 38.2. The van der Waals surface area contributed by atoms with Crippen LogP contribution in [0.3, 0.4) is 0 Å². The highest BCUT2D eigenvalue weighted by atomic mass is 35.5. The Hall–Kier alpha value is -2.25. The van der Waals surface area contributed by atoms with E-state index in [9.17, 15) is 8.42 Å². The number of nitrogens with one attached hydrogen (secondary N) is 1. The molecule has 2 aromatic heterocycles. The highest BCUT2D eigenvalue weighted by Crippen LogP contribution is 2.30. The smallest absolute Gasteiger partial charge is 0.265 e. The van der Waals surface area contributed by atoms with Crippen LogP contribution >= 0.6 is 11.6 Å². The van der Waals surface area contributed by atoms with Crippen LogP contribution in [-0.2, 0) is 10.0 Å². The van der Waals surface area contributed by atoms with Crippen molar-refractivity contribution < 1.29 is 17.4 Å². The number of furan rings is 1. The number of sulfonamides is 1. The molecule has 2 heterocycles. The van der Waals surface area contributed by atoms with Crippen LogP contribution in [0, 0.1) is 13.8 Å². The molecule has 8 heteroatoms. The van der Waals surface area contributed by atoms with Gasteiger partial charge in [0.15, 0.2) is 5.76 Å². The minimum atomic E-state index is -3.80. The van der Waals surface area contributed by atoms with E-state index in [1.807, 2.05) is 0 Å². The zero-order valence-electron chi connectivity index (χ0n) is 12.3. The molecule has 23 heavy (non-hydrogen) atoms. The molecule has 0 unspecified atom stereocenters. The molecule has 0 radical (unpaired) electrons. The second-order valence-corrected chi connectivity index (χ2v) is 7.06. The van der Waals surface area contributed by atoms with Crippen molar-refractivity contribution in [2.75, 3.05) is 4.72 Å². The lowest BCUT2D eigenvalue weighted by atomic mass is 10.2. The van der Waals surface area contributed by atoms with Gasteiger partial charge in [-0.2, -0.15) is 0 Å². The molecule has 0 spiro atoms. The lowest BCUT2D eigenvalue weighted by Gasteiger charge is -2.10. The summed E-state index contributed by atoms with van der Waals surface area (Å²) in [7, 11) is -3.80. The van der Waals surface area contributed by atoms with Crippen LogP contribution in [0.1, 0.15) is 11.3 Å². The third-order valence-electron chi connectivity index (χ3n) is 3.28. The third-order valence-corrected chi connectivity index (χ3v) is 4.98. The summed E-state index contributed by atoms with van der Waals surface area (Å²) in [5, 5.41) is 4.11. The van der Waals surface area contributed by atoms with Crippen LogP contribution in [0.2, 0.25) is 5.02 Å². The first-order valence-corrected chi connectivity index (χ1v) is 8.53. The monoisotopic (exact) mass is 352 g/mol. The predicted octanol–water partition coefficient (Wildman–Crippen LogP) is 4.01. The number of nitrogens with zero attached hydrogens (tertiary/aromatic N) is 1. The summed E-state index contributed by atoms with van der Waals surface area (Å²) in [4.78, 5) is 0.0400. The van der Waals surface area contributed by atoms with Crippen LogP contribution in [-0.4, -0.2) is 13.6 Å².